The summed E-state index contributed by atoms with van der Waals surface area (Å²) in [6.07, 6.45) is 5.21. The molecule has 10 heteroatoms. The first-order valence-corrected chi connectivity index (χ1v) is 17.7. The van der Waals surface area contributed by atoms with E-state index in [0.29, 0.717) is 10.8 Å². The van der Waals surface area contributed by atoms with Crippen LogP contribution in [0.3, 0.4) is 0 Å². The SMILES string of the molecule is COc1cccc(CN(C(=O)CN(c2cccc(Cl)c2)S(=O)(=O)c2ccccc2)[C@H](Cc2ccccc2)C(=O)NC2CCCCC2)c1. The van der Waals surface area contributed by atoms with E-state index in [1.807, 2.05) is 48.5 Å². The first-order valence-electron chi connectivity index (χ1n) is 15.8. The second-order valence-electron chi connectivity index (χ2n) is 11.7. The molecule has 8 nitrogen and oxygen atoms in total. The number of carbonyl (C=O) groups is 2. The molecule has 0 unspecified atom stereocenters. The Bertz CT molecular complexity index is 1750. The van der Waals surface area contributed by atoms with Crippen LogP contribution in [0.15, 0.2) is 114 Å². The lowest BCUT2D eigenvalue weighted by Gasteiger charge is -2.35. The summed E-state index contributed by atoms with van der Waals surface area (Å²) in [6, 6.07) is 30.3. The van der Waals surface area contributed by atoms with Gasteiger partial charge in [0.25, 0.3) is 10.0 Å². The number of halogens is 1. The Hall–Kier alpha value is -4.34. The second-order valence-corrected chi connectivity index (χ2v) is 14.0. The van der Waals surface area contributed by atoms with Crippen molar-refractivity contribution in [1.29, 1.82) is 0 Å². The quantitative estimate of drug-likeness (QED) is 0.172. The Morgan fingerprint density at radius 2 is 1.51 bits per heavy atom. The highest BCUT2D eigenvalue weighted by Crippen LogP contribution is 2.28. The Morgan fingerprint density at radius 3 is 2.19 bits per heavy atom. The summed E-state index contributed by atoms with van der Waals surface area (Å²) < 4.78 is 34.7. The molecule has 1 atom stereocenters. The average molecular weight is 674 g/mol. The maximum atomic E-state index is 14.7. The van der Waals surface area contributed by atoms with Gasteiger partial charge in [-0.15, -0.1) is 0 Å². The summed E-state index contributed by atoms with van der Waals surface area (Å²) in [5.74, 6) is -0.197. The fourth-order valence-corrected chi connectivity index (χ4v) is 7.56. The highest BCUT2D eigenvalue weighted by Gasteiger charge is 2.35. The molecule has 1 saturated carbocycles. The van der Waals surface area contributed by atoms with Gasteiger partial charge in [0.1, 0.15) is 18.3 Å². The van der Waals surface area contributed by atoms with Crippen molar-refractivity contribution in [3.63, 3.8) is 0 Å². The monoisotopic (exact) mass is 673 g/mol. The van der Waals surface area contributed by atoms with E-state index in [2.05, 4.69) is 5.32 Å². The fraction of sp³-hybridized carbons (Fsp3) is 0.297. The van der Waals surface area contributed by atoms with E-state index in [1.165, 1.54) is 23.1 Å². The highest BCUT2D eigenvalue weighted by atomic mass is 35.5. The molecule has 47 heavy (non-hydrogen) atoms. The van der Waals surface area contributed by atoms with Crippen molar-refractivity contribution < 1.29 is 22.7 Å². The van der Waals surface area contributed by atoms with E-state index in [0.717, 1.165) is 47.5 Å². The van der Waals surface area contributed by atoms with Crippen molar-refractivity contribution in [3.05, 3.63) is 125 Å². The molecule has 0 bridgehead atoms. The number of ether oxygens (including phenoxy) is 1. The van der Waals surface area contributed by atoms with Gasteiger partial charge < -0.3 is 15.0 Å². The summed E-state index contributed by atoms with van der Waals surface area (Å²) >= 11 is 6.31. The lowest BCUT2D eigenvalue weighted by atomic mass is 9.94. The van der Waals surface area contributed by atoms with Crippen molar-refractivity contribution in [3.8, 4) is 5.75 Å². The smallest absolute Gasteiger partial charge is 0.264 e. The number of amides is 2. The minimum atomic E-state index is -4.20. The zero-order valence-corrected chi connectivity index (χ0v) is 28.0. The number of nitrogens with one attached hydrogen (secondary N) is 1. The Balaban J connectivity index is 1.57. The number of anilines is 1. The van der Waals surface area contributed by atoms with E-state index in [1.54, 1.807) is 49.6 Å². The van der Waals surface area contributed by atoms with E-state index < -0.39 is 28.5 Å². The van der Waals surface area contributed by atoms with Gasteiger partial charge in [-0.2, -0.15) is 0 Å². The van der Waals surface area contributed by atoms with Crippen LogP contribution in [-0.2, 0) is 32.6 Å². The van der Waals surface area contributed by atoms with Gasteiger partial charge in [0.15, 0.2) is 0 Å². The summed E-state index contributed by atoms with van der Waals surface area (Å²) in [7, 11) is -2.64. The Labute approximate surface area is 282 Å². The molecule has 1 fully saturated rings. The van der Waals surface area contributed by atoms with Crippen molar-refractivity contribution in [2.45, 2.75) is 62.0 Å². The van der Waals surface area contributed by atoms with Crippen molar-refractivity contribution in [2.75, 3.05) is 18.0 Å². The second kappa shape index (κ2) is 16.0. The zero-order chi connectivity index (χ0) is 33.2. The number of methoxy groups -OCH3 is 1. The van der Waals surface area contributed by atoms with Crippen LogP contribution in [0.4, 0.5) is 5.69 Å². The molecule has 0 aliphatic heterocycles. The van der Waals surface area contributed by atoms with Gasteiger partial charge in [-0.1, -0.05) is 97.6 Å². The third kappa shape index (κ3) is 8.93. The first-order chi connectivity index (χ1) is 22.7. The summed E-state index contributed by atoms with van der Waals surface area (Å²) in [6.45, 7) is -0.496. The molecular formula is C37H40ClN3O5S. The van der Waals surface area contributed by atoms with Crippen molar-refractivity contribution in [2.24, 2.45) is 0 Å². The van der Waals surface area contributed by atoms with Gasteiger partial charge in [-0.25, -0.2) is 8.42 Å². The van der Waals surface area contributed by atoms with Gasteiger partial charge in [0.05, 0.1) is 17.7 Å². The van der Waals surface area contributed by atoms with Gasteiger partial charge >= 0.3 is 0 Å². The maximum Gasteiger partial charge on any atom is 0.264 e. The van der Waals surface area contributed by atoms with Crippen molar-refractivity contribution in [1.82, 2.24) is 10.2 Å². The number of nitrogens with zero attached hydrogens (tertiary/aromatic N) is 2. The molecule has 4 aromatic carbocycles. The third-order valence-corrected chi connectivity index (χ3v) is 10.4. The number of hydrogen-bond donors (Lipinski definition) is 1. The minimum absolute atomic E-state index is 0.0183. The molecule has 5 rings (SSSR count). The average Bonchev–Trinajstić information content (AvgIpc) is 3.10. The Kier molecular flexibility index (Phi) is 11.6. The van der Waals surface area contributed by atoms with Crippen LogP contribution in [0.2, 0.25) is 5.02 Å². The molecule has 0 radical (unpaired) electrons. The molecule has 1 aliphatic rings. The van der Waals surface area contributed by atoms with E-state index >= 15 is 0 Å². The van der Waals surface area contributed by atoms with Crippen LogP contribution in [0.5, 0.6) is 5.75 Å². The lowest BCUT2D eigenvalue weighted by Crippen LogP contribution is -2.55. The highest BCUT2D eigenvalue weighted by molar-refractivity contribution is 7.92. The maximum absolute atomic E-state index is 14.7. The summed E-state index contributed by atoms with van der Waals surface area (Å²) in [5, 5.41) is 3.55. The van der Waals surface area contributed by atoms with Crippen LogP contribution in [0.25, 0.3) is 0 Å². The molecule has 4 aromatic rings. The Morgan fingerprint density at radius 1 is 0.851 bits per heavy atom. The zero-order valence-electron chi connectivity index (χ0n) is 26.4. The number of benzene rings is 4. The number of rotatable bonds is 13. The van der Waals surface area contributed by atoms with Gasteiger partial charge in [-0.3, -0.25) is 13.9 Å². The molecular weight excluding hydrogens is 634 g/mol. The van der Waals surface area contributed by atoms with E-state index in [4.69, 9.17) is 16.3 Å². The number of hydrogen-bond acceptors (Lipinski definition) is 5. The van der Waals surface area contributed by atoms with Crippen LogP contribution in [-0.4, -0.2) is 50.9 Å². The number of sulfonamides is 1. The normalized spacial score (nSPS) is 14.2. The molecule has 1 N–H and O–H groups in total. The minimum Gasteiger partial charge on any atom is -0.497 e. The van der Waals surface area contributed by atoms with Gasteiger partial charge in [0, 0.05) is 24.0 Å². The molecule has 0 spiro atoms. The summed E-state index contributed by atoms with van der Waals surface area (Å²) in [5.41, 5.74) is 1.85. The molecule has 2 amide bonds. The molecule has 0 heterocycles. The topological polar surface area (TPSA) is 96.0 Å². The van der Waals surface area contributed by atoms with Crippen LogP contribution in [0.1, 0.15) is 43.2 Å². The van der Waals surface area contributed by atoms with E-state index in [-0.39, 0.29) is 35.5 Å². The summed E-state index contributed by atoms with van der Waals surface area (Å²) in [4.78, 5) is 30.4. The number of carbonyl (C=O) groups excluding carboxylic acids is 2. The van der Waals surface area contributed by atoms with Crippen LogP contribution in [0, 0.1) is 0 Å². The van der Waals surface area contributed by atoms with Crippen molar-refractivity contribution >= 4 is 39.1 Å². The molecule has 0 saturated heterocycles. The lowest BCUT2D eigenvalue weighted by molar-refractivity contribution is -0.140. The third-order valence-electron chi connectivity index (χ3n) is 8.42. The van der Waals surface area contributed by atoms with Crippen LogP contribution < -0.4 is 14.4 Å². The molecule has 246 valence electrons. The van der Waals surface area contributed by atoms with Crippen LogP contribution >= 0.6 is 11.6 Å². The fourth-order valence-electron chi connectivity index (χ4n) is 5.95. The predicted molar refractivity (Wildman–Crippen MR) is 185 cm³/mol. The molecule has 0 aromatic heterocycles. The largest absolute Gasteiger partial charge is 0.497 e. The first kappa shape index (κ1) is 34.0. The van der Waals surface area contributed by atoms with E-state index in [9.17, 15) is 18.0 Å². The predicted octanol–water partition coefficient (Wildman–Crippen LogP) is 6.63. The molecule has 1 aliphatic carbocycles. The van der Waals surface area contributed by atoms with Gasteiger partial charge in [0.2, 0.25) is 11.8 Å². The van der Waals surface area contributed by atoms with Gasteiger partial charge in [-0.05, 0) is 66.4 Å². The standard InChI is InChI=1S/C37H40ClN3O5S/c1-46-33-20-11-15-29(23-33)26-40(35(24-28-13-5-2-6-14-28)37(43)39-31-17-7-3-8-18-31)36(42)27-41(32-19-12-16-30(38)25-32)47(44,45)34-21-9-4-10-22-34/h2,4-6,9-16,19-23,25,31,35H,3,7-8,17-18,24,26-27H2,1H3,(H,39,43)/t35-/m1/s1.